The summed E-state index contributed by atoms with van der Waals surface area (Å²) in [5, 5.41) is 8.33. The number of phosphoric acid groups is 1. The third-order valence-corrected chi connectivity index (χ3v) is 11.6. The van der Waals surface area contributed by atoms with Crippen LogP contribution in [0.5, 0.6) is 0 Å². The molecular formula is C32H42BN4O11PS2. The Labute approximate surface area is 300 Å². The van der Waals surface area contributed by atoms with Gasteiger partial charge >= 0.3 is 7.82 Å². The van der Waals surface area contributed by atoms with E-state index in [1.165, 1.54) is 55.6 Å². The molecule has 1 aliphatic heterocycles. The van der Waals surface area contributed by atoms with Crippen LogP contribution in [0.1, 0.15) is 25.8 Å². The first-order chi connectivity index (χ1) is 23.9. The maximum Gasteiger partial charge on any atom is 0.472 e. The molecule has 4 atom stereocenters. The number of nitrogens with zero attached hydrogens (tertiary/aromatic N) is 4. The van der Waals surface area contributed by atoms with Crippen LogP contribution in [-0.2, 0) is 54.0 Å². The molecule has 0 bridgehead atoms. The maximum atomic E-state index is 13.1. The fraction of sp³-hybridized carbons (Fsp3) is 0.438. The van der Waals surface area contributed by atoms with Crippen LogP contribution in [0.4, 0.5) is 17.1 Å². The zero-order valence-corrected chi connectivity index (χ0v) is 31.5. The van der Waals surface area contributed by atoms with Crippen LogP contribution >= 0.6 is 7.82 Å². The van der Waals surface area contributed by atoms with Gasteiger partial charge < -0.3 is 19.3 Å². The molecule has 2 unspecified atom stereocenters. The number of phosphoric ester groups is 1. The molecule has 0 spiro atoms. The highest BCUT2D eigenvalue weighted by Crippen LogP contribution is 2.45. The number of benzene rings is 3. The summed E-state index contributed by atoms with van der Waals surface area (Å²) < 4.78 is 91.5. The molecule has 0 aromatic heterocycles. The average Bonchev–Trinajstić information content (AvgIpc) is 3.43. The summed E-state index contributed by atoms with van der Waals surface area (Å²) in [5.74, 6) is 0. The van der Waals surface area contributed by atoms with Crippen LogP contribution in [0.2, 0.25) is 0 Å². The van der Waals surface area contributed by atoms with E-state index in [0.717, 1.165) is 9.99 Å². The minimum atomic E-state index is -4.50. The first-order valence-corrected chi connectivity index (χ1v) is 20.2. The first-order valence-electron chi connectivity index (χ1n) is 15.9. The fourth-order valence-electron chi connectivity index (χ4n) is 4.76. The quantitative estimate of drug-likeness (QED) is 0.0802. The zero-order chi connectivity index (χ0) is 37.4. The van der Waals surface area contributed by atoms with Crippen molar-refractivity contribution >= 4 is 52.9 Å². The molecule has 276 valence electrons. The molecule has 1 aliphatic rings. The van der Waals surface area contributed by atoms with Crippen LogP contribution < -0.4 is 4.90 Å². The Bertz CT molecular complexity index is 1880. The minimum absolute atomic E-state index is 0.0156. The number of likely N-dealkylation sites (N-methyl/N-ethyl adjacent to an activating group) is 1. The summed E-state index contributed by atoms with van der Waals surface area (Å²) in [7, 11) is -1.74. The topological polar surface area (TPSA) is 183 Å². The summed E-state index contributed by atoms with van der Waals surface area (Å²) in [6, 6.07) is 17.9. The standard InChI is InChI=1S/C32H42BN4O11PS2/c1-23(2)47-30-20-32(33)48-31(30)22-45-49(38,39)44-21-24-6-14-29(15-7-24)51(42,43)46-19-18-37(5)50(40,41)28-16-10-26(11-17-28)35-34-25-8-12-27(13-9-25)36(3)4/h6-17,23,30-32H,18-22H2,1-5H3,(H,38,39)/t30?,31-,32-/m1/s1. The zero-order valence-electron chi connectivity index (χ0n) is 28.9. The van der Waals surface area contributed by atoms with Crippen molar-refractivity contribution in [3.63, 3.8) is 0 Å². The molecule has 0 saturated carbocycles. The van der Waals surface area contributed by atoms with Gasteiger partial charge in [0.25, 0.3) is 10.1 Å². The Morgan fingerprint density at radius 2 is 1.47 bits per heavy atom. The average molecular weight is 765 g/mol. The van der Waals surface area contributed by atoms with Gasteiger partial charge in [-0.1, -0.05) is 12.1 Å². The predicted molar refractivity (Wildman–Crippen MR) is 190 cm³/mol. The van der Waals surface area contributed by atoms with Crippen molar-refractivity contribution in [3.05, 3.63) is 78.4 Å². The van der Waals surface area contributed by atoms with Gasteiger partial charge in [0.2, 0.25) is 10.0 Å². The number of hydrogen-bond donors (Lipinski definition) is 1. The molecule has 1 heterocycles. The van der Waals surface area contributed by atoms with Crippen molar-refractivity contribution in [2.45, 2.75) is 61.0 Å². The highest BCUT2D eigenvalue weighted by atomic mass is 32.2. The van der Waals surface area contributed by atoms with Crippen molar-refractivity contribution in [2.24, 2.45) is 10.2 Å². The molecule has 2 radical (unpaired) electrons. The van der Waals surface area contributed by atoms with Gasteiger partial charge in [-0.15, -0.1) is 0 Å². The lowest BCUT2D eigenvalue weighted by Gasteiger charge is -2.22. The summed E-state index contributed by atoms with van der Waals surface area (Å²) in [6.45, 7) is 2.35. The summed E-state index contributed by atoms with van der Waals surface area (Å²) in [4.78, 5) is 11.9. The van der Waals surface area contributed by atoms with Gasteiger partial charge in [-0.3, -0.25) is 13.2 Å². The smallest absolute Gasteiger partial charge is 0.380 e. The lowest BCUT2D eigenvalue weighted by atomic mass is 9.96. The second-order valence-electron chi connectivity index (χ2n) is 12.1. The molecule has 0 amide bonds. The van der Waals surface area contributed by atoms with Crippen LogP contribution in [0.25, 0.3) is 0 Å². The van der Waals surface area contributed by atoms with Gasteiger partial charge in [-0.25, -0.2) is 13.0 Å². The van der Waals surface area contributed by atoms with Crippen LogP contribution in [0.3, 0.4) is 0 Å². The van der Waals surface area contributed by atoms with E-state index in [4.69, 9.17) is 30.6 Å². The Morgan fingerprint density at radius 3 is 2.04 bits per heavy atom. The minimum Gasteiger partial charge on any atom is -0.380 e. The molecule has 1 fully saturated rings. The van der Waals surface area contributed by atoms with Crippen LogP contribution in [0.15, 0.2) is 92.8 Å². The van der Waals surface area contributed by atoms with E-state index in [-0.39, 0.29) is 35.7 Å². The third kappa shape index (κ3) is 12.0. The molecule has 3 aromatic rings. The number of hydrogen-bond acceptors (Lipinski definition) is 13. The van der Waals surface area contributed by atoms with Gasteiger partial charge in [0.05, 0.1) is 53.2 Å². The summed E-state index contributed by atoms with van der Waals surface area (Å²) in [5.41, 5.74) is 2.48. The van der Waals surface area contributed by atoms with Gasteiger partial charge in [0.15, 0.2) is 0 Å². The van der Waals surface area contributed by atoms with Crippen molar-refractivity contribution in [1.29, 1.82) is 0 Å². The van der Waals surface area contributed by atoms with Gasteiger partial charge in [-0.05, 0) is 86.5 Å². The Hall–Kier alpha value is -3.03. The molecule has 15 nitrogen and oxygen atoms in total. The SMILES string of the molecule is [B][C@H]1CC(OC(C)C)[C@@H](COP(=O)(O)OCc2ccc(S(=O)(=O)OCCN(C)S(=O)(=O)c3ccc(N=Nc4ccc(N(C)C)cc4)cc3)cc2)O1. The largest absolute Gasteiger partial charge is 0.472 e. The molecular weight excluding hydrogens is 722 g/mol. The first kappa shape index (κ1) is 40.7. The van der Waals surface area contributed by atoms with E-state index in [2.05, 4.69) is 10.2 Å². The molecule has 19 heteroatoms. The van der Waals surface area contributed by atoms with E-state index < -0.39 is 52.8 Å². The van der Waals surface area contributed by atoms with Gasteiger partial charge in [0.1, 0.15) is 14.0 Å². The lowest BCUT2D eigenvalue weighted by molar-refractivity contribution is -0.0583. The second-order valence-corrected chi connectivity index (χ2v) is 17.2. The van der Waals surface area contributed by atoms with E-state index in [0.29, 0.717) is 23.4 Å². The monoisotopic (exact) mass is 764 g/mol. The molecule has 0 aliphatic carbocycles. The molecule has 4 rings (SSSR count). The van der Waals surface area contributed by atoms with Crippen molar-refractivity contribution in [2.75, 3.05) is 45.8 Å². The molecule has 3 aromatic carbocycles. The van der Waals surface area contributed by atoms with E-state index >= 15 is 0 Å². The fourth-order valence-corrected chi connectivity index (χ4v) is 7.54. The summed E-state index contributed by atoms with van der Waals surface area (Å²) in [6.07, 6.45) is -0.741. The van der Waals surface area contributed by atoms with Crippen molar-refractivity contribution < 1.29 is 49.0 Å². The van der Waals surface area contributed by atoms with Gasteiger partial charge in [0, 0.05) is 39.4 Å². The normalized spacial score (nSPS) is 19.6. The Balaban J connectivity index is 1.23. The number of azo groups is 1. The van der Waals surface area contributed by atoms with E-state index in [1.807, 2.05) is 57.1 Å². The Morgan fingerprint density at radius 1 is 0.902 bits per heavy atom. The van der Waals surface area contributed by atoms with Crippen molar-refractivity contribution in [1.82, 2.24) is 4.31 Å². The van der Waals surface area contributed by atoms with E-state index in [1.54, 1.807) is 0 Å². The Kier molecular flexibility index (Phi) is 14.1. The molecule has 1 saturated heterocycles. The van der Waals surface area contributed by atoms with Crippen molar-refractivity contribution in [3.8, 4) is 0 Å². The molecule has 1 N–H and O–H groups in total. The summed E-state index contributed by atoms with van der Waals surface area (Å²) >= 11 is 0. The predicted octanol–water partition coefficient (Wildman–Crippen LogP) is 4.90. The molecule has 51 heavy (non-hydrogen) atoms. The highest BCUT2D eigenvalue weighted by Gasteiger charge is 2.36. The van der Waals surface area contributed by atoms with Crippen LogP contribution in [0, 0.1) is 0 Å². The maximum absolute atomic E-state index is 13.1. The van der Waals surface area contributed by atoms with Crippen LogP contribution in [-0.4, -0.2) is 99.1 Å². The highest BCUT2D eigenvalue weighted by molar-refractivity contribution is 7.89. The number of anilines is 1. The number of sulfonamides is 1. The number of rotatable bonds is 18. The van der Waals surface area contributed by atoms with E-state index in [9.17, 15) is 26.3 Å². The second kappa shape index (κ2) is 17.7. The number of ether oxygens (including phenoxy) is 2. The van der Waals surface area contributed by atoms with Gasteiger partial charge in [-0.2, -0.15) is 23.0 Å². The lowest BCUT2D eigenvalue weighted by Crippen LogP contribution is -2.31. The third-order valence-electron chi connectivity index (χ3n) is 7.52.